The van der Waals surface area contributed by atoms with Gasteiger partial charge in [-0.05, 0) is 17.5 Å². The molecule has 0 aliphatic rings. The lowest BCUT2D eigenvalue weighted by Gasteiger charge is -2.04. The predicted octanol–water partition coefficient (Wildman–Crippen LogP) is 3.28. The maximum Gasteiger partial charge on any atom is 0.0716 e. The van der Waals surface area contributed by atoms with Gasteiger partial charge in [-0.25, -0.2) is 0 Å². The second-order valence-electron chi connectivity index (χ2n) is 4.09. The van der Waals surface area contributed by atoms with E-state index in [-0.39, 0.29) is 6.61 Å². The fraction of sp³-hybridized carbons (Fsp3) is 0.571. The van der Waals surface area contributed by atoms with Crippen molar-refractivity contribution in [1.82, 2.24) is 0 Å². The molecule has 0 spiro atoms. The standard InChI is InChI=1S/C14H22O2/c1-2-3-4-5-10-16-12-14-8-6-13(11-15)7-9-14/h6-9,15H,2-5,10-12H2,1H3. The molecule has 2 heteroatoms. The molecule has 1 rings (SSSR count). The third kappa shape index (κ3) is 5.29. The molecule has 0 aromatic heterocycles. The van der Waals surface area contributed by atoms with Gasteiger partial charge in [-0.2, -0.15) is 0 Å². The zero-order chi connectivity index (χ0) is 11.6. The van der Waals surface area contributed by atoms with Crippen LogP contribution in [-0.2, 0) is 18.0 Å². The van der Waals surface area contributed by atoms with Gasteiger partial charge in [-0.15, -0.1) is 0 Å². The van der Waals surface area contributed by atoms with Gasteiger partial charge in [-0.1, -0.05) is 50.5 Å². The second kappa shape index (κ2) is 8.31. The van der Waals surface area contributed by atoms with Crippen LogP contribution in [0.1, 0.15) is 43.7 Å². The number of aliphatic hydroxyl groups excluding tert-OH is 1. The number of hydrogen-bond acceptors (Lipinski definition) is 2. The summed E-state index contributed by atoms with van der Waals surface area (Å²) in [5, 5.41) is 8.89. The average molecular weight is 222 g/mol. The Labute approximate surface area is 98.3 Å². The van der Waals surface area contributed by atoms with E-state index in [9.17, 15) is 0 Å². The molecule has 0 radical (unpaired) electrons. The monoisotopic (exact) mass is 222 g/mol. The van der Waals surface area contributed by atoms with Crippen LogP contribution >= 0.6 is 0 Å². The van der Waals surface area contributed by atoms with E-state index in [0.717, 1.165) is 18.6 Å². The van der Waals surface area contributed by atoms with E-state index in [1.54, 1.807) is 0 Å². The first-order chi connectivity index (χ1) is 7.86. The molecule has 16 heavy (non-hydrogen) atoms. The maximum atomic E-state index is 8.89. The lowest BCUT2D eigenvalue weighted by molar-refractivity contribution is 0.117. The Morgan fingerprint density at radius 1 is 1.00 bits per heavy atom. The fourth-order valence-corrected chi connectivity index (χ4v) is 1.56. The summed E-state index contributed by atoms with van der Waals surface area (Å²) in [5.74, 6) is 0. The number of unbranched alkanes of at least 4 members (excludes halogenated alkanes) is 3. The minimum Gasteiger partial charge on any atom is -0.392 e. The first-order valence-electron chi connectivity index (χ1n) is 6.13. The van der Waals surface area contributed by atoms with Crippen molar-refractivity contribution < 1.29 is 9.84 Å². The van der Waals surface area contributed by atoms with Crippen LogP contribution in [0.4, 0.5) is 0 Å². The van der Waals surface area contributed by atoms with Crippen LogP contribution in [0.2, 0.25) is 0 Å². The van der Waals surface area contributed by atoms with Gasteiger partial charge < -0.3 is 9.84 Å². The molecular formula is C14H22O2. The van der Waals surface area contributed by atoms with Crippen molar-refractivity contribution in [1.29, 1.82) is 0 Å². The summed E-state index contributed by atoms with van der Waals surface area (Å²) in [7, 11) is 0. The minimum atomic E-state index is 0.109. The third-order valence-corrected chi connectivity index (χ3v) is 2.62. The van der Waals surface area contributed by atoms with E-state index in [0.29, 0.717) is 6.61 Å². The maximum absolute atomic E-state index is 8.89. The number of benzene rings is 1. The SMILES string of the molecule is CCCCCCOCc1ccc(CO)cc1. The Kier molecular flexibility index (Phi) is 6.86. The van der Waals surface area contributed by atoms with Gasteiger partial charge in [0.05, 0.1) is 13.2 Å². The first-order valence-corrected chi connectivity index (χ1v) is 6.13. The van der Waals surface area contributed by atoms with Gasteiger partial charge in [0.25, 0.3) is 0 Å². The van der Waals surface area contributed by atoms with E-state index in [1.807, 2.05) is 24.3 Å². The molecule has 0 saturated carbocycles. The molecule has 0 saturated heterocycles. The minimum absolute atomic E-state index is 0.109. The van der Waals surface area contributed by atoms with Crippen molar-refractivity contribution in [3.8, 4) is 0 Å². The smallest absolute Gasteiger partial charge is 0.0716 e. The summed E-state index contributed by atoms with van der Waals surface area (Å²) < 4.78 is 5.58. The van der Waals surface area contributed by atoms with Crippen LogP contribution < -0.4 is 0 Å². The van der Waals surface area contributed by atoms with Gasteiger partial charge in [0.2, 0.25) is 0 Å². The summed E-state index contributed by atoms with van der Waals surface area (Å²) in [4.78, 5) is 0. The van der Waals surface area contributed by atoms with Crippen LogP contribution in [0.3, 0.4) is 0 Å². The first kappa shape index (κ1) is 13.2. The largest absolute Gasteiger partial charge is 0.392 e. The van der Waals surface area contributed by atoms with E-state index in [4.69, 9.17) is 9.84 Å². The van der Waals surface area contributed by atoms with Gasteiger partial charge >= 0.3 is 0 Å². The molecule has 90 valence electrons. The number of rotatable bonds is 8. The Balaban J connectivity index is 2.12. The van der Waals surface area contributed by atoms with Crippen LogP contribution in [0.5, 0.6) is 0 Å². The highest BCUT2D eigenvalue weighted by atomic mass is 16.5. The molecule has 0 amide bonds. The lowest BCUT2D eigenvalue weighted by atomic mass is 10.1. The summed E-state index contributed by atoms with van der Waals surface area (Å²) in [6.07, 6.45) is 4.99. The number of ether oxygens (including phenoxy) is 1. The summed E-state index contributed by atoms with van der Waals surface area (Å²) >= 11 is 0. The van der Waals surface area contributed by atoms with Gasteiger partial charge in [0, 0.05) is 6.61 Å². The lowest BCUT2D eigenvalue weighted by Crippen LogP contribution is -1.96. The van der Waals surface area contributed by atoms with Crippen molar-refractivity contribution in [3.05, 3.63) is 35.4 Å². The molecule has 1 N–H and O–H groups in total. The normalized spacial score (nSPS) is 10.6. The summed E-state index contributed by atoms with van der Waals surface area (Å²) in [6.45, 7) is 3.85. The van der Waals surface area contributed by atoms with Crippen molar-refractivity contribution in [2.75, 3.05) is 6.61 Å². The Morgan fingerprint density at radius 2 is 1.69 bits per heavy atom. The fourth-order valence-electron chi connectivity index (χ4n) is 1.56. The molecule has 2 nitrogen and oxygen atoms in total. The van der Waals surface area contributed by atoms with Crippen molar-refractivity contribution in [2.45, 2.75) is 45.8 Å². The molecule has 0 atom stereocenters. The highest BCUT2D eigenvalue weighted by Crippen LogP contribution is 2.06. The van der Waals surface area contributed by atoms with Gasteiger partial charge in [0.1, 0.15) is 0 Å². The molecule has 0 aliphatic carbocycles. The topological polar surface area (TPSA) is 29.5 Å². The molecule has 0 unspecified atom stereocenters. The average Bonchev–Trinajstić information content (AvgIpc) is 2.34. The highest BCUT2D eigenvalue weighted by molar-refractivity contribution is 5.21. The van der Waals surface area contributed by atoms with Crippen LogP contribution in [0, 0.1) is 0 Å². The highest BCUT2D eigenvalue weighted by Gasteiger charge is 1.94. The van der Waals surface area contributed by atoms with E-state index in [2.05, 4.69) is 6.92 Å². The molecular weight excluding hydrogens is 200 g/mol. The Bertz CT molecular complexity index is 267. The van der Waals surface area contributed by atoms with Crippen LogP contribution in [-0.4, -0.2) is 11.7 Å². The van der Waals surface area contributed by atoms with Gasteiger partial charge in [-0.3, -0.25) is 0 Å². The molecule has 0 aliphatic heterocycles. The molecule has 0 fully saturated rings. The van der Waals surface area contributed by atoms with E-state index < -0.39 is 0 Å². The summed E-state index contributed by atoms with van der Waals surface area (Å²) in [5.41, 5.74) is 2.12. The number of hydrogen-bond donors (Lipinski definition) is 1. The molecule has 0 heterocycles. The Hall–Kier alpha value is -0.860. The third-order valence-electron chi connectivity index (χ3n) is 2.62. The van der Waals surface area contributed by atoms with Crippen molar-refractivity contribution >= 4 is 0 Å². The Morgan fingerprint density at radius 3 is 2.31 bits per heavy atom. The van der Waals surface area contributed by atoms with Crippen molar-refractivity contribution in [3.63, 3.8) is 0 Å². The van der Waals surface area contributed by atoms with E-state index >= 15 is 0 Å². The van der Waals surface area contributed by atoms with Crippen LogP contribution in [0.25, 0.3) is 0 Å². The predicted molar refractivity (Wildman–Crippen MR) is 66.2 cm³/mol. The van der Waals surface area contributed by atoms with Crippen molar-refractivity contribution in [2.24, 2.45) is 0 Å². The number of aliphatic hydroxyl groups is 1. The molecule has 0 bridgehead atoms. The summed E-state index contributed by atoms with van der Waals surface area (Å²) in [6, 6.07) is 7.90. The zero-order valence-electron chi connectivity index (χ0n) is 10.1. The van der Waals surface area contributed by atoms with Crippen LogP contribution in [0.15, 0.2) is 24.3 Å². The molecule has 1 aromatic rings. The second-order valence-corrected chi connectivity index (χ2v) is 4.09. The van der Waals surface area contributed by atoms with Gasteiger partial charge in [0.15, 0.2) is 0 Å². The quantitative estimate of drug-likeness (QED) is 0.684. The van der Waals surface area contributed by atoms with E-state index in [1.165, 1.54) is 24.8 Å². The zero-order valence-corrected chi connectivity index (χ0v) is 10.1. The molecule has 1 aromatic carbocycles.